The zero-order valence-electron chi connectivity index (χ0n) is 23.1. The minimum atomic E-state index is -0.953. The van der Waals surface area contributed by atoms with E-state index >= 15 is 0 Å². The third-order valence-electron chi connectivity index (χ3n) is 9.22. The van der Waals surface area contributed by atoms with Gasteiger partial charge in [-0.3, -0.25) is 4.79 Å². The summed E-state index contributed by atoms with van der Waals surface area (Å²) < 4.78 is 18.9. The van der Waals surface area contributed by atoms with Crippen molar-refractivity contribution in [3.05, 3.63) is 11.6 Å². The lowest BCUT2D eigenvalue weighted by Gasteiger charge is -2.54. The number of nitrogens with one attached hydrogen (secondary N) is 2. The fourth-order valence-electron chi connectivity index (χ4n) is 6.80. The second-order valence-corrected chi connectivity index (χ2v) is 11.8. The molecule has 10 atom stereocenters. The minimum absolute atomic E-state index is 0.0386. The summed E-state index contributed by atoms with van der Waals surface area (Å²) in [7, 11) is 1.84. The summed E-state index contributed by atoms with van der Waals surface area (Å²) in [5.74, 6) is -0.989. The van der Waals surface area contributed by atoms with E-state index < -0.39 is 35.9 Å². The Morgan fingerprint density at radius 2 is 2.11 bits per heavy atom. The van der Waals surface area contributed by atoms with Gasteiger partial charge in [-0.05, 0) is 78.4 Å². The van der Waals surface area contributed by atoms with Crippen molar-refractivity contribution in [2.45, 2.75) is 108 Å². The van der Waals surface area contributed by atoms with Gasteiger partial charge in [0.2, 0.25) is 0 Å². The average Bonchev–Trinajstić information content (AvgIpc) is 2.89. The van der Waals surface area contributed by atoms with Gasteiger partial charge in [0.25, 0.3) is 0 Å². The number of rotatable bonds is 9. The molecule has 0 bridgehead atoms. The number of aliphatic hydroxyl groups is 2. The van der Waals surface area contributed by atoms with Gasteiger partial charge in [-0.1, -0.05) is 6.08 Å². The van der Waals surface area contributed by atoms with E-state index in [1.165, 1.54) is 0 Å². The van der Waals surface area contributed by atoms with E-state index in [-0.39, 0.29) is 43.0 Å². The minimum Gasteiger partial charge on any atom is -0.456 e. The van der Waals surface area contributed by atoms with E-state index in [2.05, 4.69) is 10.6 Å². The standard InChI is InChI=1S/C28H47N3O7/c1-4-17(8-10-30-3)27(35)37-23-12-19-21(13-22-25(26(19)34)20(33)11-18(15-32)36-22)38-28(23,2)9-7-16-5-6-24(29)31-14-16/h4,16,18-19,21-26,30-32,34H,5-15,29H2,1-3H3/t16?,18?,19?,21?,22?,23-,24?,25?,26?,28-/m0/s1. The molecule has 0 aromatic carbocycles. The number of carbonyl (C=O) groups excluding carboxylic acids is 2. The molecule has 216 valence electrons. The molecular weight excluding hydrogens is 490 g/mol. The zero-order chi connectivity index (χ0) is 27.4. The van der Waals surface area contributed by atoms with Crippen LogP contribution in [0, 0.1) is 17.8 Å². The van der Waals surface area contributed by atoms with Gasteiger partial charge < -0.3 is 40.8 Å². The molecular formula is C28H47N3O7. The molecule has 1 saturated carbocycles. The fourth-order valence-corrected chi connectivity index (χ4v) is 6.80. The highest BCUT2D eigenvalue weighted by molar-refractivity contribution is 5.88. The summed E-state index contributed by atoms with van der Waals surface area (Å²) in [5, 5.41) is 27.4. The monoisotopic (exact) mass is 537 g/mol. The maximum Gasteiger partial charge on any atom is 0.334 e. The number of nitrogens with two attached hydrogens (primary N) is 1. The lowest BCUT2D eigenvalue weighted by atomic mass is 9.66. The number of hydrogen-bond acceptors (Lipinski definition) is 10. The molecule has 3 aliphatic heterocycles. The molecule has 0 aromatic heterocycles. The zero-order valence-corrected chi connectivity index (χ0v) is 23.1. The van der Waals surface area contributed by atoms with E-state index in [0.717, 1.165) is 25.8 Å². The van der Waals surface area contributed by atoms with Gasteiger partial charge in [0.05, 0.1) is 43.1 Å². The highest BCUT2D eigenvalue weighted by Crippen LogP contribution is 2.48. The van der Waals surface area contributed by atoms with Gasteiger partial charge in [-0.15, -0.1) is 0 Å². The Morgan fingerprint density at radius 1 is 1.32 bits per heavy atom. The summed E-state index contributed by atoms with van der Waals surface area (Å²) in [4.78, 5) is 26.1. The fraction of sp³-hybridized carbons (Fsp3) is 0.857. The molecule has 4 fully saturated rings. The van der Waals surface area contributed by atoms with E-state index in [4.69, 9.17) is 19.9 Å². The largest absolute Gasteiger partial charge is 0.456 e. The first kappa shape index (κ1) is 29.6. The van der Waals surface area contributed by atoms with E-state index in [1.807, 2.05) is 20.9 Å². The average molecular weight is 538 g/mol. The normalized spacial score (nSPS) is 41.8. The van der Waals surface area contributed by atoms with Gasteiger partial charge in [0.15, 0.2) is 0 Å². The third kappa shape index (κ3) is 6.49. The van der Waals surface area contributed by atoms with Crippen LogP contribution in [0.1, 0.15) is 65.2 Å². The molecule has 38 heavy (non-hydrogen) atoms. The molecule has 3 saturated heterocycles. The van der Waals surface area contributed by atoms with Crippen molar-refractivity contribution < 1.29 is 34.0 Å². The lowest BCUT2D eigenvalue weighted by molar-refractivity contribution is -0.264. The Hall–Kier alpha value is -1.40. The van der Waals surface area contributed by atoms with Crippen LogP contribution in [0.15, 0.2) is 11.6 Å². The number of hydrogen-bond donors (Lipinski definition) is 5. The first-order valence-electron chi connectivity index (χ1n) is 14.3. The Morgan fingerprint density at radius 3 is 2.76 bits per heavy atom. The van der Waals surface area contributed by atoms with Crippen LogP contribution < -0.4 is 16.4 Å². The number of allylic oxidation sites excluding steroid dienone is 1. The van der Waals surface area contributed by atoms with Crippen LogP contribution in [0.3, 0.4) is 0 Å². The number of carbonyl (C=O) groups is 2. The van der Waals surface area contributed by atoms with Gasteiger partial charge >= 0.3 is 5.97 Å². The molecule has 0 radical (unpaired) electrons. The van der Waals surface area contributed by atoms with Gasteiger partial charge in [-0.2, -0.15) is 0 Å². The number of esters is 1. The summed E-state index contributed by atoms with van der Waals surface area (Å²) in [6.07, 6.45) is 4.04. The SMILES string of the molecule is CC=C(CCNC)C(=O)O[C@H]1CC2C(CC3OC(CO)CC(=O)C3C2O)O[C@@]1(C)CCC1CCC(N)NC1. The Bertz CT molecular complexity index is 861. The molecule has 3 heterocycles. The number of ketones is 1. The van der Waals surface area contributed by atoms with Gasteiger partial charge in [-0.25, -0.2) is 4.79 Å². The highest BCUT2D eigenvalue weighted by atomic mass is 16.6. The molecule has 8 unspecified atom stereocenters. The van der Waals surface area contributed by atoms with Crippen LogP contribution in [-0.2, 0) is 23.8 Å². The highest BCUT2D eigenvalue weighted by Gasteiger charge is 2.57. The lowest BCUT2D eigenvalue weighted by Crippen LogP contribution is -2.64. The molecule has 0 amide bonds. The van der Waals surface area contributed by atoms with E-state index in [0.29, 0.717) is 43.7 Å². The van der Waals surface area contributed by atoms with Crippen LogP contribution in [0.2, 0.25) is 0 Å². The Kier molecular flexibility index (Phi) is 10.00. The molecule has 4 rings (SSSR count). The molecule has 10 heteroatoms. The van der Waals surface area contributed by atoms with Crippen molar-refractivity contribution in [1.29, 1.82) is 0 Å². The van der Waals surface area contributed by atoms with E-state index in [1.54, 1.807) is 6.08 Å². The number of aliphatic hydroxyl groups excluding tert-OH is 2. The van der Waals surface area contributed by atoms with Crippen LogP contribution in [0.25, 0.3) is 0 Å². The van der Waals surface area contributed by atoms with Crippen molar-refractivity contribution in [2.24, 2.45) is 23.5 Å². The van der Waals surface area contributed by atoms with E-state index in [9.17, 15) is 19.8 Å². The summed E-state index contributed by atoms with van der Waals surface area (Å²) >= 11 is 0. The second kappa shape index (κ2) is 12.8. The van der Waals surface area contributed by atoms with Crippen molar-refractivity contribution in [3.63, 3.8) is 0 Å². The summed E-state index contributed by atoms with van der Waals surface area (Å²) in [5.41, 5.74) is 5.86. The molecule has 10 nitrogen and oxygen atoms in total. The number of Topliss-reactive ketones (excluding diaryl/α,β-unsaturated/α-hetero) is 1. The van der Waals surface area contributed by atoms with Crippen LogP contribution in [0.4, 0.5) is 0 Å². The third-order valence-corrected chi connectivity index (χ3v) is 9.22. The smallest absolute Gasteiger partial charge is 0.334 e. The first-order chi connectivity index (χ1) is 18.2. The second-order valence-electron chi connectivity index (χ2n) is 11.8. The van der Waals surface area contributed by atoms with Crippen molar-refractivity contribution in [1.82, 2.24) is 10.6 Å². The van der Waals surface area contributed by atoms with Crippen LogP contribution >= 0.6 is 0 Å². The van der Waals surface area contributed by atoms with Crippen molar-refractivity contribution in [3.8, 4) is 0 Å². The predicted molar refractivity (Wildman–Crippen MR) is 141 cm³/mol. The maximum absolute atomic E-state index is 13.2. The molecule has 0 aromatic rings. The summed E-state index contributed by atoms with van der Waals surface area (Å²) in [6, 6.07) is 0. The number of piperidine rings is 1. The predicted octanol–water partition coefficient (Wildman–Crippen LogP) is 0.782. The van der Waals surface area contributed by atoms with Crippen LogP contribution in [0.5, 0.6) is 0 Å². The quantitative estimate of drug-likeness (QED) is 0.211. The van der Waals surface area contributed by atoms with Gasteiger partial charge in [0.1, 0.15) is 17.5 Å². The van der Waals surface area contributed by atoms with Crippen LogP contribution in [-0.4, -0.2) is 91.0 Å². The molecule has 0 spiro atoms. The number of ether oxygens (including phenoxy) is 3. The van der Waals surface area contributed by atoms with Gasteiger partial charge in [0, 0.05) is 24.3 Å². The first-order valence-corrected chi connectivity index (χ1v) is 14.3. The van der Waals surface area contributed by atoms with Crippen molar-refractivity contribution >= 4 is 11.8 Å². The maximum atomic E-state index is 13.2. The number of fused-ring (bicyclic) bond motifs is 2. The van der Waals surface area contributed by atoms with Crippen molar-refractivity contribution in [2.75, 3.05) is 26.7 Å². The Labute approximate surface area is 226 Å². The topological polar surface area (TPSA) is 152 Å². The summed E-state index contributed by atoms with van der Waals surface area (Å²) in [6.45, 7) is 5.12. The molecule has 4 aliphatic rings. The molecule has 1 aliphatic carbocycles. The molecule has 6 N–H and O–H groups in total. The Balaban J connectivity index is 1.53.